The number of methoxy groups -OCH3 is 1. The Bertz CT molecular complexity index is 317. The summed E-state index contributed by atoms with van der Waals surface area (Å²) < 4.78 is 17.7. The van der Waals surface area contributed by atoms with Gasteiger partial charge in [0, 0.05) is 45.7 Å². The topological polar surface area (TPSA) is 71.5 Å². The van der Waals surface area contributed by atoms with Gasteiger partial charge in [0.25, 0.3) is 0 Å². The van der Waals surface area contributed by atoms with E-state index in [1.54, 1.807) is 18.0 Å². The molecular weight excluding hydrogens is 234 g/mol. The minimum absolute atomic E-state index is 0.0855. The van der Waals surface area contributed by atoms with Gasteiger partial charge in [-0.05, 0) is 6.42 Å². The number of hydrogen-bond acceptors (Lipinski definition) is 5. The number of nitrogens with zero attached hydrogens (tertiary/aromatic N) is 2. The number of hydrogen-bond donors (Lipinski definition) is 1. The average molecular weight is 257 g/mol. The predicted molar refractivity (Wildman–Crippen MR) is 68.3 cm³/mol. The molecule has 1 heterocycles. The van der Waals surface area contributed by atoms with Crippen LogP contribution in [0.15, 0.2) is 12.4 Å². The van der Waals surface area contributed by atoms with E-state index in [1.165, 1.54) is 0 Å². The maximum Gasteiger partial charge on any atom is 0.0977 e. The molecule has 6 heteroatoms. The molecule has 0 amide bonds. The first-order valence-corrected chi connectivity index (χ1v) is 6.14. The largest absolute Gasteiger partial charge is 0.382 e. The average Bonchev–Trinajstić information content (AvgIpc) is 2.79. The van der Waals surface area contributed by atoms with Gasteiger partial charge in [0.1, 0.15) is 0 Å². The van der Waals surface area contributed by atoms with Crippen LogP contribution in [0.3, 0.4) is 0 Å². The van der Waals surface area contributed by atoms with Crippen LogP contribution in [0.25, 0.3) is 0 Å². The highest BCUT2D eigenvalue weighted by Gasteiger charge is 2.11. The lowest BCUT2D eigenvalue weighted by atomic mass is 10.2. The molecule has 1 rings (SSSR count). The molecule has 0 saturated carbocycles. The molecule has 0 aliphatic carbocycles. The smallest absolute Gasteiger partial charge is 0.0977 e. The molecule has 0 aliphatic heterocycles. The standard InChI is InChI=1S/C12H23N3O3/c1-15-10-11(9-14-15)12(8-13)18-5-3-4-17-7-6-16-2/h9-10,12H,3-8,13H2,1-2H3. The van der Waals surface area contributed by atoms with Crippen LogP contribution in [-0.2, 0) is 21.3 Å². The second-order valence-corrected chi connectivity index (χ2v) is 4.00. The molecule has 0 saturated heterocycles. The fourth-order valence-electron chi connectivity index (χ4n) is 1.54. The van der Waals surface area contributed by atoms with Crippen molar-refractivity contribution < 1.29 is 14.2 Å². The highest BCUT2D eigenvalue weighted by Crippen LogP contribution is 2.14. The molecule has 0 aliphatic rings. The Morgan fingerprint density at radius 1 is 1.33 bits per heavy atom. The SMILES string of the molecule is COCCOCCCOC(CN)c1cnn(C)c1. The summed E-state index contributed by atoms with van der Waals surface area (Å²) in [6.45, 7) is 3.01. The zero-order valence-corrected chi connectivity index (χ0v) is 11.2. The number of aryl methyl sites for hydroxylation is 1. The van der Waals surface area contributed by atoms with Gasteiger partial charge in [0.05, 0.1) is 25.5 Å². The van der Waals surface area contributed by atoms with E-state index in [1.807, 2.05) is 13.2 Å². The van der Waals surface area contributed by atoms with Crippen LogP contribution in [0.2, 0.25) is 0 Å². The summed E-state index contributed by atoms with van der Waals surface area (Å²) in [4.78, 5) is 0. The third kappa shape index (κ3) is 5.59. The highest BCUT2D eigenvalue weighted by molar-refractivity contribution is 5.08. The first-order chi connectivity index (χ1) is 8.77. The van der Waals surface area contributed by atoms with E-state index < -0.39 is 0 Å². The van der Waals surface area contributed by atoms with Crippen LogP contribution >= 0.6 is 0 Å². The van der Waals surface area contributed by atoms with Crippen molar-refractivity contribution in [3.8, 4) is 0 Å². The lowest BCUT2D eigenvalue weighted by Crippen LogP contribution is -2.16. The maximum atomic E-state index is 5.71. The maximum absolute atomic E-state index is 5.71. The van der Waals surface area contributed by atoms with E-state index in [-0.39, 0.29) is 6.10 Å². The van der Waals surface area contributed by atoms with Crippen molar-refractivity contribution in [2.45, 2.75) is 12.5 Å². The monoisotopic (exact) mass is 257 g/mol. The first kappa shape index (κ1) is 15.1. The molecule has 0 aromatic carbocycles. The first-order valence-electron chi connectivity index (χ1n) is 6.14. The summed E-state index contributed by atoms with van der Waals surface area (Å²) in [5, 5.41) is 4.11. The molecule has 0 spiro atoms. The van der Waals surface area contributed by atoms with Crippen LogP contribution in [0.1, 0.15) is 18.1 Å². The minimum atomic E-state index is -0.0855. The van der Waals surface area contributed by atoms with Gasteiger partial charge in [-0.1, -0.05) is 0 Å². The second-order valence-electron chi connectivity index (χ2n) is 4.00. The van der Waals surface area contributed by atoms with Crippen LogP contribution in [0, 0.1) is 0 Å². The van der Waals surface area contributed by atoms with Gasteiger partial charge in [0.15, 0.2) is 0 Å². The summed E-state index contributed by atoms with van der Waals surface area (Å²) in [7, 11) is 3.53. The Kier molecular flexibility index (Phi) is 7.59. The molecule has 2 N–H and O–H groups in total. The Balaban J connectivity index is 2.13. The Morgan fingerprint density at radius 3 is 2.78 bits per heavy atom. The molecule has 18 heavy (non-hydrogen) atoms. The van der Waals surface area contributed by atoms with Crippen LogP contribution in [0.5, 0.6) is 0 Å². The Labute approximate surface area is 108 Å². The van der Waals surface area contributed by atoms with Gasteiger partial charge in [-0.3, -0.25) is 4.68 Å². The van der Waals surface area contributed by atoms with Crippen LogP contribution in [0.4, 0.5) is 0 Å². The van der Waals surface area contributed by atoms with Crippen molar-refractivity contribution in [1.29, 1.82) is 0 Å². The molecule has 0 fully saturated rings. The van der Waals surface area contributed by atoms with Crippen molar-refractivity contribution in [3.05, 3.63) is 18.0 Å². The number of ether oxygens (including phenoxy) is 3. The molecule has 1 atom stereocenters. The van der Waals surface area contributed by atoms with Crippen molar-refractivity contribution in [3.63, 3.8) is 0 Å². The number of nitrogens with two attached hydrogens (primary N) is 1. The van der Waals surface area contributed by atoms with Crippen molar-refractivity contribution in [1.82, 2.24) is 9.78 Å². The molecule has 0 bridgehead atoms. The zero-order valence-electron chi connectivity index (χ0n) is 11.2. The fourth-order valence-corrected chi connectivity index (χ4v) is 1.54. The van der Waals surface area contributed by atoms with Crippen molar-refractivity contribution in [2.24, 2.45) is 12.8 Å². The number of aromatic nitrogens is 2. The lowest BCUT2D eigenvalue weighted by molar-refractivity contribution is 0.0261. The molecule has 104 valence electrons. The summed E-state index contributed by atoms with van der Waals surface area (Å²) in [5.41, 5.74) is 6.70. The van der Waals surface area contributed by atoms with Gasteiger partial charge < -0.3 is 19.9 Å². The highest BCUT2D eigenvalue weighted by atomic mass is 16.5. The molecule has 1 unspecified atom stereocenters. The van der Waals surface area contributed by atoms with E-state index in [9.17, 15) is 0 Å². The summed E-state index contributed by atoms with van der Waals surface area (Å²) in [5.74, 6) is 0. The van der Waals surface area contributed by atoms with Crippen LogP contribution in [-0.4, -0.2) is 49.9 Å². The van der Waals surface area contributed by atoms with E-state index in [4.69, 9.17) is 19.9 Å². The lowest BCUT2D eigenvalue weighted by Gasteiger charge is -2.14. The van der Waals surface area contributed by atoms with Crippen molar-refractivity contribution in [2.75, 3.05) is 40.1 Å². The molecule has 1 aromatic rings. The third-order valence-electron chi connectivity index (χ3n) is 2.49. The van der Waals surface area contributed by atoms with E-state index in [0.29, 0.717) is 33.0 Å². The van der Waals surface area contributed by atoms with E-state index in [0.717, 1.165) is 12.0 Å². The molecular formula is C12H23N3O3. The van der Waals surface area contributed by atoms with Gasteiger partial charge in [-0.2, -0.15) is 5.10 Å². The number of rotatable bonds is 10. The Morgan fingerprint density at radius 2 is 2.17 bits per heavy atom. The third-order valence-corrected chi connectivity index (χ3v) is 2.49. The molecule has 6 nitrogen and oxygen atoms in total. The quantitative estimate of drug-likeness (QED) is 0.618. The minimum Gasteiger partial charge on any atom is -0.382 e. The van der Waals surface area contributed by atoms with Gasteiger partial charge in [0.2, 0.25) is 0 Å². The molecule has 1 aromatic heterocycles. The summed E-state index contributed by atoms with van der Waals surface area (Å²) in [6, 6.07) is 0. The van der Waals surface area contributed by atoms with Crippen LogP contribution < -0.4 is 5.73 Å². The summed E-state index contributed by atoms with van der Waals surface area (Å²) >= 11 is 0. The summed E-state index contributed by atoms with van der Waals surface area (Å²) in [6.07, 6.45) is 4.47. The van der Waals surface area contributed by atoms with Crippen molar-refractivity contribution >= 4 is 0 Å². The van der Waals surface area contributed by atoms with Gasteiger partial charge in [-0.25, -0.2) is 0 Å². The second kappa shape index (κ2) is 9.04. The fraction of sp³-hybridized carbons (Fsp3) is 0.750. The van der Waals surface area contributed by atoms with Gasteiger partial charge >= 0.3 is 0 Å². The van der Waals surface area contributed by atoms with Gasteiger partial charge in [-0.15, -0.1) is 0 Å². The Hall–Kier alpha value is -0.950. The normalized spacial score (nSPS) is 12.8. The molecule has 0 radical (unpaired) electrons. The zero-order chi connectivity index (χ0) is 13.2. The predicted octanol–water partition coefficient (Wildman–Crippen LogP) is 0.490. The van der Waals surface area contributed by atoms with E-state index in [2.05, 4.69) is 5.10 Å². The van der Waals surface area contributed by atoms with E-state index >= 15 is 0 Å².